The fourth-order valence-corrected chi connectivity index (χ4v) is 2.17. The zero-order valence-corrected chi connectivity index (χ0v) is 11.5. The van der Waals surface area contributed by atoms with Gasteiger partial charge in [-0.3, -0.25) is 4.79 Å². The molecule has 0 bridgehead atoms. The van der Waals surface area contributed by atoms with Gasteiger partial charge in [0.1, 0.15) is 5.75 Å². The third kappa shape index (κ3) is 3.19. The number of aromatic nitrogens is 2. The van der Waals surface area contributed by atoms with Gasteiger partial charge in [0.05, 0.1) is 7.11 Å². The molecule has 0 aliphatic carbocycles. The average molecular weight is 278 g/mol. The number of anilines is 1. The molecule has 2 N–H and O–H groups in total. The summed E-state index contributed by atoms with van der Waals surface area (Å²) in [4.78, 5) is 13.6. The number of methoxy groups -OCH3 is 1. The van der Waals surface area contributed by atoms with Gasteiger partial charge in [0.25, 0.3) is 5.91 Å². The molecule has 100 valence electrons. The lowest BCUT2D eigenvalue weighted by Crippen LogP contribution is -2.26. The molecule has 0 saturated carbocycles. The van der Waals surface area contributed by atoms with Crippen LogP contribution in [0.15, 0.2) is 24.3 Å². The summed E-state index contributed by atoms with van der Waals surface area (Å²) < 4.78 is 5.08. The van der Waals surface area contributed by atoms with Gasteiger partial charge in [-0.05, 0) is 17.7 Å². The smallest absolute Gasteiger partial charge is 0.284 e. The Kier molecular flexibility index (Phi) is 3.96. The summed E-state index contributed by atoms with van der Waals surface area (Å²) in [6.45, 7) is 0.488. The molecule has 0 radical (unpaired) electrons. The minimum Gasteiger partial charge on any atom is -0.497 e. The topological polar surface area (TPSA) is 81.3 Å². The monoisotopic (exact) mass is 278 g/mol. The number of nitrogens with two attached hydrogens (primary N) is 1. The molecule has 0 atom stereocenters. The first-order valence-corrected chi connectivity index (χ1v) is 6.39. The largest absolute Gasteiger partial charge is 0.497 e. The molecule has 2 aromatic rings. The molecule has 0 saturated heterocycles. The van der Waals surface area contributed by atoms with Crippen LogP contribution in [0.2, 0.25) is 0 Å². The molecule has 0 fully saturated rings. The van der Waals surface area contributed by atoms with Crippen LogP contribution in [-0.2, 0) is 6.54 Å². The lowest BCUT2D eigenvalue weighted by Gasteiger charge is -2.15. The molecule has 7 heteroatoms. The molecule has 0 spiro atoms. The molecule has 0 unspecified atom stereocenters. The predicted molar refractivity (Wildman–Crippen MR) is 73.1 cm³/mol. The van der Waals surface area contributed by atoms with Crippen LogP contribution >= 0.6 is 11.3 Å². The van der Waals surface area contributed by atoms with Gasteiger partial charge in [-0.25, -0.2) is 0 Å². The van der Waals surface area contributed by atoms with Crippen LogP contribution in [0.5, 0.6) is 5.75 Å². The molecular formula is C12H14N4O2S. The van der Waals surface area contributed by atoms with Crippen LogP contribution in [0.1, 0.15) is 15.4 Å². The van der Waals surface area contributed by atoms with E-state index in [1.54, 1.807) is 19.1 Å². The number of hydrogen-bond donors (Lipinski definition) is 1. The van der Waals surface area contributed by atoms with E-state index in [0.717, 1.165) is 22.6 Å². The minimum absolute atomic E-state index is 0.190. The van der Waals surface area contributed by atoms with E-state index in [1.165, 1.54) is 0 Å². The van der Waals surface area contributed by atoms with Crippen LogP contribution in [-0.4, -0.2) is 35.2 Å². The van der Waals surface area contributed by atoms with Gasteiger partial charge < -0.3 is 15.4 Å². The van der Waals surface area contributed by atoms with Crippen LogP contribution in [0.4, 0.5) is 5.13 Å². The number of rotatable bonds is 4. The van der Waals surface area contributed by atoms with Gasteiger partial charge in [-0.15, -0.1) is 10.2 Å². The summed E-state index contributed by atoms with van der Waals surface area (Å²) in [7, 11) is 3.33. The van der Waals surface area contributed by atoms with Crippen LogP contribution < -0.4 is 10.5 Å². The standard InChI is InChI=1S/C12H14N4O2S/c1-16(11(17)10-14-15-12(13)19-10)7-8-3-5-9(18-2)6-4-8/h3-6H,7H2,1-2H3,(H2,13,15). The normalized spacial score (nSPS) is 10.2. The molecule has 1 aromatic heterocycles. The summed E-state index contributed by atoms with van der Waals surface area (Å²) in [6, 6.07) is 7.54. The van der Waals surface area contributed by atoms with E-state index in [9.17, 15) is 4.79 Å². The molecule has 0 aliphatic heterocycles. The molecule has 0 aliphatic rings. The zero-order valence-electron chi connectivity index (χ0n) is 10.7. The van der Waals surface area contributed by atoms with Crippen molar-refractivity contribution in [3.8, 4) is 5.75 Å². The van der Waals surface area contributed by atoms with Crippen LogP contribution in [0.25, 0.3) is 0 Å². The van der Waals surface area contributed by atoms with E-state index in [0.29, 0.717) is 16.7 Å². The second-order valence-electron chi connectivity index (χ2n) is 3.95. The Morgan fingerprint density at radius 1 is 1.37 bits per heavy atom. The Morgan fingerprint density at radius 2 is 2.05 bits per heavy atom. The SMILES string of the molecule is COc1ccc(CN(C)C(=O)c2nnc(N)s2)cc1. The quantitative estimate of drug-likeness (QED) is 0.914. The lowest BCUT2D eigenvalue weighted by molar-refractivity contribution is 0.0784. The van der Waals surface area contributed by atoms with Crippen LogP contribution in [0, 0.1) is 0 Å². The highest BCUT2D eigenvalue weighted by atomic mass is 32.1. The van der Waals surface area contributed by atoms with Crippen molar-refractivity contribution >= 4 is 22.4 Å². The maximum absolute atomic E-state index is 12.0. The van der Waals surface area contributed by atoms with Crippen molar-refractivity contribution in [2.75, 3.05) is 19.9 Å². The molecule has 2 rings (SSSR count). The van der Waals surface area contributed by atoms with Crippen molar-refractivity contribution in [3.05, 3.63) is 34.8 Å². The number of benzene rings is 1. The fourth-order valence-electron chi connectivity index (χ4n) is 1.56. The fraction of sp³-hybridized carbons (Fsp3) is 0.250. The number of amides is 1. The van der Waals surface area contributed by atoms with Crippen LogP contribution in [0.3, 0.4) is 0 Å². The van der Waals surface area contributed by atoms with E-state index in [4.69, 9.17) is 10.5 Å². The Balaban J connectivity index is 2.03. The number of carbonyl (C=O) groups excluding carboxylic acids is 1. The second-order valence-corrected chi connectivity index (χ2v) is 4.96. The van der Waals surface area contributed by atoms with Crippen molar-refractivity contribution in [3.63, 3.8) is 0 Å². The van der Waals surface area contributed by atoms with Gasteiger partial charge in [-0.2, -0.15) is 0 Å². The number of nitrogen functional groups attached to an aromatic ring is 1. The molecule has 19 heavy (non-hydrogen) atoms. The van der Waals surface area contributed by atoms with Gasteiger partial charge in [0.15, 0.2) is 0 Å². The van der Waals surface area contributed by atoms with Gasteiger partial charge in [0, 0.05) is 13.6 Å². The first-order valence-electron chi connectivity index (χ1n) is 5.57. The molecule has 1 heterocycles. The first kappa shape index (κ1) is 13.3. The van der Waals surface area contributed by atoms with Crippen molar-refractivity contribution in [2.45, 2.75) is 6.54 Å². The second kappa shape index (κ2) is 5.66. The summed E-state index contributed by atoms with van der Waals surface area (Å²) in [6.07, 6.45) is 0. The molecular weight excluding hydrogens is 264 g/mol. The maximum atomic E-state index is 12.0. The van der Waals surface area contributed by atoms with E-state index in [1.807, 2.05) is 24.3 Å². The summed E-state index contributed by atoms with van der Waals surface area (Å²) in [5, 5.41) is 7.96. The van der Waals surface area contributed by atoms with Crippen molar-refractivity contribution < 1.29 is 9.53 Å². The van der Waals surface area contributed by atoms with Gasteiger partial charge in [0.2, 0.25) is 10.1 Å². The summed E-state index contributed by atoms with van der Waals surface area (Å²) in [5.74, 6) is 0.597. The van der Waals surface area contributed by atoms with E-state index < -0.39 is 0 Å². The summed E-state index contributed by atoms with van der Waals surface area (Å²) in [5.41, 5.74) is 6.47. The summed E-state index contributed by atoms with van der Waals surface area (Å²) >= 11 is 1.09. The number of hydrogen-bond acceptors (Lipinski definition) is 6. The Morgan fingerprint density at radius 3 is 2.58 bits per heavy atom. The van der Waals surface area contributed by atoms with E-state index >= 15 is 0 Å². The first-order chi connectivity index (χ1) is 9.10. The lowest BCUT2D eigenvalue weighted by atomic mass is 10.2. The van der Waals surface area contributed by atoms with E-state index in [2.05, 4.69) is 10.2 Å². The van der Waals surface area contributed by atoms with Gasteiger partial charge in [-0.1, -0.05) is 23.5 Å². The van der Waals surface area contributed by atoms with Crippen molar-refractivity contribution in [2.24, 2.45) is 0 Å². The zero-order chi connectivity index (χ0) is 13.8. The average Bonchev–Trinajstić information content (AvgIpc) is 2.85. The molecule has 6 nitrogen and oxygen atoms in total. The Bertz CT molecular complexity index is 567. The highest BCUT2D eigenvalue weighted by Crippen LogP contribution is 2.16. The highest BCUT2D eigenvalue weighted by molar-refractivity contribution is 7.16. The third-order valence-electron chi connectivity index (χ3n) is 2.55. The van der Waals surface area contributed by atoms with E-state index in [-0.39, 0.29) is 5.91 Å². The highest BCUT2D eigenvalue weighted by Gasteiger charge is 2.16. The number of nitrogens with zero attached hydrogens (tertiary/aromatic N) is 3. The van der Waals surface area contributed by atoms with Crippen molar-refractivity contribution in [1.29, 1.82) is 0 Å². The third-order valence-corrected chi connectivity index (χ3v) is 3.29. The predicted octanol–water partition coefficient (Wildman–Crippen LogP) is 1.40. The maximum Gasteiger partial charge on any atom is 0.284 e. The number of carbonyl (C=O) groups is 1. The minimum atomic E-state index is -0.190. The Hall–Kier alpha value is -2.15. The number of ether oxygens (including phenoxy) is 1. The molecule has 1 aromatic carbocycles. The molecule has 1 amide bonds. The van der Waals surface area contributed by atoms with Gasteiger partial charge >= 0.3 is 0 Å². The van der Waals surface area contributed by atoms with Crippen molar-refractivity contribution in [1.82, 2.24) is 15.1 Å². The Labute approximate surface area is 114 Å².